The predicted octanol–water partition coefficient (Wildman–Crippen LogP) is 16.8. The molecule has 10 aromatic rings. The standard InChI is InChI=1S/C52H47N3.C4H10.C2H6/c1-51(2,3)36-18-20-39-41-26-32(14-22-45(41)53(7)49(39)30-36)34-16-24-47-43(28-34)44-29-35(17-25-48(44)55(47)38-12-10-9-11-13-38)33-15-23-46-42(27-33)40-21-19-37(52(4,5)6)31-50(40)54(46)8;1-3-4-2;1-2/h9-31H,1-8H3;3-4H2,1-2H3;1-2H3. The first-order valence-corrected chi connectivity index (χ1v) is 22.5. The van der Waals surface area contributed by atoms with E-state index < -0.39 is 0 Å². The number of rotatable bonds is 4. The van der Waals surface area contributed by atoms with Crippen molar-refractivity contribution in [3.63, 3.8) is 0 Å². The maximum Gasteiger partial charge on any atom is 0.0541 e. The summed E-state index contributed by atoms with van der Waals surface area (Å²) >= 11 is 0. The molecule has 0 bridgehead atoms. The van der Waals surface area contributed by atoms with Crippen LogP contribution in [0.3, 0.4) is 0 Å². The molecule has 0 fully saturated rings. The van der Waals surface area contributed by atoms with Crippen LogP contribution in [0.15, 0.2) is 140 Å². The zero-order valence-corrected chi connectivity index (χ0v) is 38.5. The maximum absolute atomic E-state index is 2.42. The Bertz CT molecular complexity index is 3010. The molecule has 3 heteroatoms. The summed E-state index contributed by atoms with van der Waals surface area (Å²) in [5.41, 5.74) is 16.5. The van der Waals surface area contributed by atoms with Crippen LogP contribution in [0, 0.1) is 0 Å². The summed E-state index contributed by atoms with van der Waals surface area (Å²) in [6, 6.07) is 52.7. The van der Waals surface area contributed by atoms with E-state index in [2.05, 4.69) is 223 Å². The van der Waals surface area contributed by atoms with Gasteiger partial charge >= 0.3 is 0 Å². The van der Waals surface area contributed by atoms with Crippen molar-refractivity contribution in [1.82, 2.24) is 13.7 Å². The van der Waals surface area contributed by atoms with Crippen molar-refractivity contribution in [2.45, 2.75) is 92.9 Å². The molecule has 61 heavy (non-hydrogen) atoms. The van der Waals surface area contributed by atoms with Gasteiger partial charge in [0.25, 0.3) is 0 Å². The molecule has 0 saturated heterocycles. The van der Waals surface area contributed by atoms with E-state index in [0.29, 0.717) is 0 Å². The highest BCUT2D eigenvalue weighted by Gasteiger charge is 2.20. The van der Waals surface area contributed by atoms with Crippen molar-refractivity contribution in [2.75, 3.05) is 0 Å². The highest BCUT2D eigenvalue weighted by atomic mass is 15.0. The predicted molar refractivity (Wildman–Crippen MR) is 269 cm³/mol. The molecule has 0 aliphatic rings. The Labute approximate surface area is 363 Å². The minimum atomic E-state index is 0.100. The van der Waals surface area contributed by atoms with Crippen LogP contribution >= 0.6 is 0 Å². The number of aryl methyl sites for hydroxylation is 2. The quantitative estimate of drug-likeness (QED) is 0.168. The third-order valence-electron chi connectivity index (χ3n) is 12.7. The number of benzene rings is 7. The smallest absolute Gasteiger partial charge is 0.0541 e. The Kier molecular flexibility index (Phi) is 11.0. The van der Waals surface area contributed by atoms with Gasteiger partial charge in [0.1, 0.15) is 0 Å². The highest BCUT2D eigenvalue weighted by molar-refractivity contribution is 6.14. The summed E-state index contributed by atoms with van der Waals surface area (Å²) in [5.74, 6) is 0. The second-order valence-electron chi connectivity index (χ2n) is 18.7. The van der Waals surface area contributed by atoms with Crippen molar-refractivity contribution in [3.8, 4) is 27.9 Å². The van der Waals surface area contributed by atoms with Gasteiger partial charge in [0.15, 0.2) is 0 Å². The summed E-state index contributed by atoms with van der Waals surface area (Å²) in [6.45, 7) is 22.1. The van der Waals surface area contributed by atoms with Gasteiger partial charge in [-0.25, -0.2) is 0 Å². The monoisotopic (exact) mass is 802 g/mol. The van der Waals surface area contributed by atoms with Crippen LogP contribution in [0.5, 0.6) is 0 Å². The zero-order chi connectivity index (χ0) is 43.4. The zero-order valence-electron chi connectivity index (χ0n) is 38.5. The molecule has 0 saturated carbocycles. The molecule has 0 unspecified atom stereocenters. The van der Waals surface area contributed by atoms with E-state index >= 15 is 0 Å². The SMILES string of the molecule is CC.CCCC.Cn1c2ccc(-c3ccc4c(c3)c3cc(-c5ccc6c(c5)c5ccc(C(C)(C)C)cc5n6C)ccc3n4-c3ccccc3)cc2c2ccc(C(C)(C)C)cc21. The molecule has 0 atom stereocenters. The van der Waals surface area contributed by atoms with Gasteiger partial charge in [0.2, 0.25) is 0 Å². The molecule has 3 nitrogen and oxygen atoms in total. The number of unbranched alkanes of at least 4 members (excludes halogenated alkanes) is 1. The van der Waals surface area contributed by atoms with Gasteiger partial charge in [-0.05, 0) is 117 Å². The van der Waals surface area contributed by atoms with Crippen molar-refractivity contribution < 1.29 is 0 Å². The van der Waals surface area contributed by atoms with Crippen LogP contribution in [-0.2, 0) is 24.9 Å². The first-order chi connectivity index (χ1) is 29.3. The molecular formula is C58H63N3. The van der Waals surface area contributed by atoms with E-state index in [-0.39, 0.29) is 10.8 Å². The van der Waals surface area contributed by atoms with E-state index in [0.717, 1.165) is 0 Å². The van der Waals surface area contributed by atoms with Crippen molar-refractivity contribution in [2.24, 2.45) is 14.1 Å². The molecule has 0 N–H and O–H groups in total. The normalized spacial score (nSPS) is 12.1. The number of nitrogens with zero attached hydrogens (tertiary/aromatic N) is 3. The summed E-state index contributed by atoms with van der Waals surface area (Å²) < 4.78 is 7.11. The van der Waals surface area contributed by atoms with E-state index in [1.807, 2.05) is 13.8 Å². The lowest BCUT2D eigenvalue weighted by Gasteiger charge is -2.19. The lowest BCUT2D eigenvalue weighted by atomic mass is 9.86. The van der Waals surface area contributed by atoms with Crippen LogP contribution in [0.4, 0.5) is 0 Å². The fourth-order valence-electron chi connectivity index (χ4n) is 8.95. The third-order valence-corrected chi connectivity index (χ3v) is 12.7. The van der Waals surface area contributed by atoms with Crippen LogP contribution < -0.4 is 0 Å². The largest absolute Gasteiger partial charge is 0.344 e. The molecule has 0 radical (unpaired) electrons. The van der Waals surface area contributed by atoms with Gasteiger partial charge in [-0.3, -0.25) is 0 Å². The Hall–Kier alpha value is -6.06. The molecular weight excluding hydrogens is 739 g/mol. The average molecular weight is 802 g/mol. The summed E-state index contributed by atoms with van der Waals surface area (Å²) in [5, 5.41) is 7.71. The molecule has 0 spiro atoms. The van der Waals surface area contributed by atoms with Gasteiger partial charge in [-0.15, -0.1) is 0 Å². The molecule has 3 heterocycles. The minimum absolute atomic E-state index is 0.100. The lowest BCUT2D eigenvalue weighted by Crippen LogP contribution is -2.10. The number of para-hydroxylation sites is 1. The van der Waals surface area contributed by atoms with Crippen LogP contribution in [-0.4, -0.2) is 13.7 Å². The van der Waals surface area contributed by atoms with Gasteiger partial charge in [-0.2, -0.15) is 0 Å². The summed E-state index contributed by atoms with van der Waals surface area (Å²) in [7, 11) is 4.39. The van der Waals surface area contributed by atoms with E-state index in [4.69, 9.17) is 0 Å². The first kappa shape index (κ1) is 41.7. The fourth-order valence-corrected chi connectivity index (χ4v) is 8.95. The van der Waals surface area contributed by atoms with E-state index in [1.54, 1.807) is 0 Å². The molecule has 310 valence electrons. The van der Waals surface area contributed by atoms with Crippen molar-refractivity contribution >= 4 is 65.4 Å². The topological polar surface area (TPSA) is 14.8 Å². The molecule has 3 aromatic heterocycles. The Morgan fingerprint density at radius 3 is 1.05 bits per heavy atom. The maximum atomic E-state index is 2.42. The minimum Gasteiger partial charge on any atom is -0.344 e. The van der Waals surface area contributed by atoms with E-state index in [9.17, 15) is 0 Å². The molecule has 0 aliphatic carbocycles. The van der Waals surface area contributed by atoms with E-state index in [1.165, 1.54) is 117 Å². The van der Waals surface area contributed by atoms with Gasteiger partial charge in [0, 0.05) is 74.2 Å². The average Bonchev–Trinajstić information content (AvgIpc) is 3.86. The van der Waals surface area contributed by atoms with Gasteiger partial charge < -0.3 is 13.7 Å². The van der Waals surface area contributed by atoms with Crippen molar-refractivity contribution in [1.29, 1.82) is 0 Å². The fraction of sp³-hybridized carbons (Fsp3) is 0.276. The number of hydrogen-bond donors (Lipinski definition) is 0. The molecule has 0 aliphatic heterocycles. The van der Waals surface area contributed by atoms with Crippen LogP contribution in [0.1, 0.15) is 93.2 Å². The number of aromatic nitrogens is 3. The van der Waals surface area contributed by atoms with Gasteiger partial charge in [-0.1, -0.05) is 149 Å². The van der Waals surface area contributed by atoms with Crippen molar-refractivity contribution in [3.05, 3.63) is 151 Å². The Morgan fingerprint density at radius 2 is 0.705 bits per heavy atom. The van der Waals surface area contributed by atoms with Crippen LogP contribution in [0.25, 0.3) is 93.4 Å². The number of hydrogen-bond acceptors (Lipinski definition) is 0. The lowest BCUT2D eigenvalue weighted by molar-refractivity contribution is 0.590. The first-order valence-electron chi connectivity index (χ1n) is 22.5. The highest BCUT2D eigenvalue weighted by Crippen LogP contribution is 2.41. The Morgan fingerprint density at radius 1 is 0.361 bits per heavy atom. The summed E-state index contributed by atoms with van der Waals surface area (Å²) in [4.78, 5) is 0. The molecule has 7 aromatic carbocycles. The third kappa shape index (κ3) is 7.33. The van der Waals surface area contributed by atoms with Gasteiger partial charge in [0.05, 0.1) is 11.0 Å². The summed E-state index contributed by atoms with van der Waals surface area (Å²) in [6.07, 6.45) is 2.64. The second kappa shape index (κ2) is 16.1. The molecule has 0 amide bonds. The second-order valence-corrected chi connectivity index (χ2v) is 18.7. The number of fused-ring (bicyclic) bond motifs is 9. The Balaban J connectivity index is 0.000000811. The van der Waals surface area contributed by atoms with Crippen LogP contribution in [0.2, 0.25) is 0 Å². The molecule has 10 rings (SSSR count).